The third-order valence-electron chi connectivity index (χ3n) is 4.05. The molecule has 0 bridgehead atoms. The lowest BCUT2D eigenvalue weighted by molar-refractivity contribution is 0.246. The zero-order valence-electron chi connectivity index (χ0n) is 11.8. The molecule has 1 saturated carbocycles. The van der Waals surface area contributed by atoms with Gasteiger partial charge in [0.2, 0.25) is 0 Å². The molecule has 1 fully saturated rings. The highest BCUT2D eigenvalue weighted by molar-refractivity contribution is 4.85. The Bertz CT molecular complexity index is 423. The average molecular weight is 263 g/mol. The molecule has 4 nitrogen and oxygen atoms in total. The zero-order valence-corrected chi connectivity index (χ0v) is 11.8. The number of nitrogens with zero attached hydrogens (tertiary/aromatic N) is 2. The fourth-order valence-corrected chi connectivity index (χ4v) is 2.98. The molecule has 106 valence electrons. The van der Waals surface area contributed by atoms with E-state index in [9.17, 15) is 4.79 Å². The first-order chi connectivity index (χ1) is 9.31. The lowest BCUT2D eigenvalue weighted by atomic mass is 9.83. The van der Waals surface area contributed by atoms with E-state index in [0.717, 1.165) is 19.5 Å². The summed E-state index contributed by atoms with van der Waals surface area (Å²) in [5.74, 6) is 0.701. The molecule has 0 spiro atoms. The minimum Gasteiger partial charge on any atom is -0.312 e. The van der Waals surface area contributed by atoms with Gasteiger partial charge in [0.05, 0.1) is 0 Å². The van der Waals surface area contributed by atoms with Crippen LogP contribution in [0.2, 0.25) is 0 Å². The van der Waals surface area contributed by atoms with Gasteiger partial charge in [0, 0.05) is 25.0 Å². The van der Waals surface area contributed by atoms with Crippen LogP contribution < -0.4 is 11.0 Å². The summed E-state index contributed by atoms with van der Waals surface area (Å²) >= 11 is 0. The molecule has 1 aromatic heterocycles. The van der Waals surface area contributed by atoms with Crippen LogP contribution in [0.15, 0.2) is 23.3 Å². The van der Waals surface area contributed by atoms with Crippen LogP contribution in [0.3, 0.4) is 0 Å². The second kappa shape index (κ2) is 7.43. The maximum atomic E-state index is 11.7. The van der Waals surface area contributed by atoms with Crippen LogP contribution in [-0.4, -0.2) is 22.1 Å². The molecule has 1 N–H and O–H groups in total. The summed E-state index contributed by atoms with van der Waals surface area (Å²) in [7, 11) is 0. The van der Waals surface area contributed by atoms with Crippen LogP contribution in [-0.2, 0) is 6.54 Å². The van der Waals surface area contributed by atoms with E-state index in [1.165, 1.54) is 32.1 Å². The number of rotatable bonds is 6. The fraction of sp³-hybridized carbons (Fsp3) is 0.733. The number of hydrogen-bond donors (Lipinski definition) is 1. The predicted octanol–water partition coefficient (Wildman–Crippen LogP) is 2.19. The number of nitrogens with one attached hydrogen (secondary N) is 1. The summed E-state index contributed by atoms with van der Waals surface area (Å²) < 4.78 is 1.74. The second-order valence-corrected chi connectivity index (χ2v) is 5.51. The van der Waals surface area contributed by atoms with Crippen molar-refractivity contribution in [2.75, 3.05) is 6.54 Å². The van der Waals surface area contributed by atoms with Crippen molar-refractivity contribution in [3.63, 3.8) is 0 Å². The maximum Gasteiger partial charge on any atom is 0.347 e. The van der Waals surface area contributed by atoms with Crippen molar-refractivity contribution in [2.24, 2.45) is 5.92 Å². The van der Waals surface area contributed by atoms with E-state index in [4.69, 9.17) is 0 Å². The molecule has 1 unspecified atom stereocenters. The normalized spacial score (nSPS) is 18.4. The van der Waals surface area contributed by atoms with Crippen LogP contribution in [0, 0.1) is 5.92 Å². The Morgan fingerprint density at radius 2 is 2.21 bits per heavy atom. The smallest absolute Gasteiger partial charge is 0.312 e. The summed E-state index contributed by atoms with van der Waals surface area (Å²) in [5, 5.41) is 3.63. The van der Waals surface area contributed by atoms with Gasteiger partial charge in [-0.15, -0.1) is 0 Å². The Morgan fingerprint density at radius 3 is 2.89 bits per heavy atom. The molecule has 1 heterocycles. The third-order valence-corrected chi connectivity index (χ3v) is 4.05. The van der Waals surface area contributed by atoms with E-state index >= 15 is 0 Å². The van der Waals surface area contributed by atoms with Gasteiger partial charge in [-0.3, -0.25) is 4.57 Å². The van der Waals surface area contributed by atoms with Gasteiger partial charge in [0.1, 0.15) is 0 Å². The molecule has 0 saturated heterocycles. The molecule has 0 amide bonds. The third kappa shape index (κ3) is 4.16. The second-order valence-electron chi connectivity index (χ2n) is 5.51. The predicted molar refractivity (Wildman–Crippen MR) is 77.2 cm³/mol. The van der Waals surface area contributed by atoms with Gasteiger partial charge in [0.15, 0.2) is 0 Å². The van der Waals surface area contributed by atoms with Gasteiger partial charge < -0.3 is 5.32 Å². The molecule has 0 aliphatic heterocycles. The van der Waals surface area contributed by atoms with Crippen molar-refractivity contribution in [3.8, 4) is 0 Å². The Hall–Kier alpha value is -1.16. The number of aromatic nitrogens is 2. The Labute approximate surface area is 115 Å². The highest BCUT2D eigenvalue weighted by Crippen LogP contribution is 2.27. The summed E-state index contributed by atoms with van der Waals surface area (Å²) in [4.78, 5) is 15.6. The Morgan fingerprint density at radius 1 is 1.42 bits per heavy atom. The van der Waals surface area contributed by atoms with Crippen LogP contribution in [0.4, 0.5) is 0 Å². The Kier molecular flexibility index (Phi) is 5.58. The highest BCUT2D eigenvalue weighted by Gasteiger charge is 2.23. The summed E-state index contributed by atoms with van der Waals surface area (Å²) in [6.45, 7) is 3.95. The van der Waals surface area contributed by atoms with E-state index in [1.54, 1.807) is 10.8 Å². The SMILES string of the molecule is CCCNC(Cn1cccnc1=O)C1CCCCC1. The summed E-state index contributed by atoms with van der Waals surface area (Å²) in [6.07, 6.45) is 11.1. The van der Waals surface area contributed by atoms with Crippen LogP contribution in [0.25, 0.3) is 0 Å². The first-order valence-corrected chi connectivity index (χ1v) is 7.56. The molecule has 1 atom stereocenters. The lowest BCUT2D eigenvalue weighted by Gasteiger charge is -2.31. The maximum absolute atomic E-state index is 11.7. The van der Waals surface area contributed by atoms with E-state index in [0.29, 0.717) is 12.0 Å². The number of hydrogen-bond acceptors (Lipinski definition) is 3. The van der Waals surface area contributed by atoms with Crippen LogP contribution in [0.1, 0.15) is 45.4 Å². The summed E-state index contributed by atoms with van der Waals surface area (Å²) in [6, 6.07) is 2.24. The molecule has 0 radical (unpaired) electrons. The van der Waals surface area contributed by atoms with Crippen molar-refractivity contribution in [3.05, 3.63) is 28.9 Å². The zero-order chi connectivity index (χ0) is 13.5. The molecule has 19 heavy (non-hydrogen) atoms. The van der Waals surface area contributed by atoms with Gasteiger partial charge in [-0.05, 0) is 37.8 Å². The largest absolute Gasteiger partial charge is 0.347 e. The monoisotopic (exact) mass is 263 g/mol. The van der Waals surface area contributed by atoms with Crippen molar-refractivity contribution >= 4 is 0 Å². The van der Waals surface area contributed by atoms with Gasteiger partial charge in [-0.2, -0.15) is 0 Å². The van der Waals surface area contributed by atoms with Crippen LogP contribution in [0.5, 0.6) is 0 Å². The minimum absolute atomic E-state index is 0.137. The highest BCUT2D eigenvalue weighted by atomic mass is 16.1. The quantitative estimate of drug-likeness (QED) is 0.856. The lowest BCUT2D eigenvalue weighted by Crippen LogP contribution is -2.43. The topological polar surface area (TPSA) is 46.9 Å². The van der Waals surface area contributed by atoms with Crippen molar-refractivity contribution < 1.29 is 0 Å². The molecule has 1 aliphatic rings. The van der Waals surface area contributed by atoms with Gasteiger partial charge in [0.25, 0.3) is 0 Å². The molecular formula is C15H25N3O. The molecule has 4 heteroatoms. The van der Waals surface area contributed by atoms with Gasteiger partial charge >= 0.3 is 5.69 Å². The van der Waals surface area contributed by atoms with Crippen molar-refractivity contribution in [2.45, 2.75) is 58.0 Å². The molecule has 1 aliphatic carbocycles. The van der Waals surface area contributed by atoms with E-state index < -0.39 is 0 Å². The first kappa shape index (κ1) is 14.3. The average Bonchev–Trinajstić information content (AvgIpc) is 2.46. The van der Waals surface area contributed by atoms with Gasteiger partial charge in [-0.1, -0.05) is 26.2 Å². The molecule has 2 rings (SSSR count). The molecular weight excluding hydrogens is 238 g/mol. The molecule has 0 aromatic carbocycles. The first-order valence-electron chi connectivity index (χ1n) is 7.56. The van der Waals surface area contributed by atoms with E-state index in [1.807, 2.05) is 12.3 Å². The molecule has 1 aromatic rings. The van der Waals surface area contributed by atoms with E-state index in [-0.39, 0.29) is 5.69 Å². The van der Waals surface area contributed by atoms with Crippen molar-refractivity contribution in [1.82, 2.24) is 14.9 Å². The van der Waals surface area contributed by atoms with Crippen LogP contribution >= 0.6 is 0 Å². The van der Waals surface area contributed by atoms with Gasteiger partial charge in [-0.25, -0.2) is 9.78 Å². The summed E-state index contributed by atoms with van der Waals surface area (Å²) in [5.41, 5.74) is -0.137. The van der Waals surface area contributed by atoms with E-state index in [2.05, 4.69) is 17.2 Å². The standard InChI is InChI=1S/C15H25N3O/c1-2-9-16-14(13-7-4-3-5-8-13)12-18-11-6-10-17-15(18)19/h6,10-11,13-14,16H,2-5,7-9,12H2,1H3. The fourth-order valence-electron chi connectivity index (χ4n) is 2.98. The minimum atomic E-state index is -0.137. The van der Waals surface area contributed by atoms with Crippen molar-refractivity contribution in [1.29, 1.82) is 0 Å². The Balaban J connectivity index is 2.04.